The van der Waals surface area contributed by atoms with E-state index >= 15 is 0 Å². The lowest BCUT2D eigenvalue weighted by Crippen LogP contribution is -2.29. The SMILES string of the molecule is CC(C)Oc1ccc(C(=O)NCc2cc(CC(OC(C)C)C(=O)O)ccn2)c(Cl)c1. The average Bonchev–Trinajstić information content (AvgIpc) is 2.65. The summed E-state index contributed by atoms with van der Waals surface area (Å²) in [5.41, 5.74) is 1.70. The molecule has 1 aromatic carbocycles. The van der Waals surface area contributed by atoms with Crippen molar-refractivity contribution in [2.24, 2.45) is 0 Å². The van der Waals surface area contributed by atoms with Crippen molar-refractivity contribution >= 4 is 23.5 Å². The van der Waals surface area contributed by atoms with Crippen molar-refractivity contribution in [1.29, 1.82) is 0 Å². The minimum atomic E-state index is -1.02. The first-order valence-corrected chi connectivity index (χ1v) is 10.1. The van der Waals surface area contributed by atoms with E-state index in [0.29, 0.717) is 22.0 Å². The lowest BCUT2D eigenvalue weighted by Gasteiger charge is -2.16. The standard InChI is InChI=1S/C22H27ClN2O5/c1-13(2)29-17-5-6-18(19(23)11-17)21(26)25-12-16-9-15(7-8-24-16)10-20(22(27)28)30-14(3)4/h5-9,11,13-14,20H,10,12H2,1-4H3,(H,25,26)(H,27,28). The van der Waals surface area contributed by atoms with E-state index < -0.39 is 12.1 Å². The van der Waals surface area contributed by atoms with Gasteiger partial charge in [0, 0.05) is 12.6 Å². The Hall–Kier alpha value is -2.64. The highest BCUT2D eigenvalue weighted by Crippen LogP contribution is 2.23. The number of ether oxygens (including phenoxy) is 2. The van der Waals surface area contributed by atoms with Crippen LogP contribution in [0.15, 0.2) is 36.5 Å². The number of rotatable bonds is 10. The van der Waals surface area contributed by atoms with E-state index in [0.717, 1.165) is 5.56 Å². The van der Waals surface area contributed by atoms with Gasteiger partial charge in [0.2, 0.25) is 0 Å². The molecule has 0 bridgehead atoms. The van der Waals surface area contributed by atoms with Gasteiger partial charge in [-0.05, 0) is 63.6 Å². The van der Waals surface area contributed by atoms with Gasteiger partial charge >= 0.3 is 5.97 Å². The van der Waals surface area contributed by atoms with Crippen molar-refractivity contribution in [3.05, 3.63) is 58.4 Å². The van der Waals surface area contributed by atoms with Crippen LogP contribution in [0.5, 0.6) is 5.75 Å². The molecule has 0 fully saturated rings. The van der Waals surface area contributed by atoms with Crippen LogP contribution in [0.3, 0.4) is 0 Å². The number of nitrogens with zero attached hydrogens (tertiary/aromatic N) is 1. The molecule has 7 nitrogen and oxygen atoms in total. The number of aliphatic carboxylic acids is 1. The number of carboxylic acids is 1. The van der Waals surface area contributed by atoms with Crippen LogP contribution in [-0.4, -0.2) is 40.3 Å². The average molecular weight is 435 g/mol. The zero-order chi connectivity index (χ0) is 22.3. The number of hydrogen-bond acceptors (Lipinski definition) is 5. The zero-order valence-electron chi connectivity index (χ0n) is 17.5. The molecule has 0 aliphatic rings. The lowest BCUT2D eigenvalue weighted by molar-refractivity contribution is -0.153. The fourth-order valence-electron chi connectivity index (χ4n) is 2.78. The number of benzene rings is 1. The molecule has 30 heavy (non-hydrogen) atoms. The van der Waals surface area contributed by atoms with Gasteiger partial charge < -0.3 is 19.9 Å². The molecule has 8 heteroatoms. The molecular formula is C22H27ClN2O5. The van der Waals surface area contributed by atoms with Gasteiger partial charge in [0.15, 0.2) is 6.10 Å². The van der Waals surface area contributed by atoms with E-state index in [1.807, 2.05) is 13.8 Å². The molecular weight excluding hydrogens is 408 g/mol. The van der Waals surface area contributed by atoms with Crippen molar-refractivity contribution in [1.82, 2.24) is 10.3 Å². The summed E-state index contributed by atoms with van der Waals surface area (Å²) in [6.45, 7) is 7.56. The monoisotopic (exact) mass is 434 g/mol. The van der Waals surface area contributed by atoms with Crippen LogP contribution >= 0.6 is 11.6 Å². The third-order valence-corrected chi connectivity index (χ3v) is 4.31. The Morgan fingerprint density at radius 1 is 1.13 bits per heavy atom. The summed E-state index contributed by atoms with van der Waals surface area (Å²) < 4.78 is 11.0. The maximum atomic E-state index is 12.5. The summed E-state index contributed by atoms with van der Waals surface area (Å²) in [5.74, 6) is -0.762. The molecule has 0 aliphatic carbocycles. The Morgan fingerprint density at radius 3 is 2.47 bits per heavy atom. The third-order valence-electron chi connectivity index (χ3n) is 4.00. The Kier molecular flexibility index (Phi) is 8.62. The van der Waals surface area contributed by atoms with Gasteiger partial charge in [-0.15, -0.1) is 0 Å². The van der Waals surface area contributed by atoms with Gasteiger partial charge in [-0.1, -0.05) is 11.6 Å². The first kappa shape index (κ1) is 23.6. The molecule has 2 aromatic rings. The summed E-state index contributed by atoms with van der Waals surface area (Å²) in [5, 5.41) is 12.4. The lowest BCUT2D eigenvalue weighted by atomic mass is 10.1. The van der Waals surface area contributed by atoms with E-state index in [-0.39, 0.29) is 31.1 Å². The predicted molar refractivity (Wildman–Crippen MR) is 114 cm³/mol. The Labute approximate surface area is 181 Å². The normalized spacial score (nSPS) is 12.1. The zero-order valence-corrected chi connectivity index (χ0v) is 18.3. The van der Waals surface area contributed by atoms with Crippen molar-refractivity contribution in [2.45, 2.75) is 59.0 Å². The summed E-state index contributed by atoms with van der Waals surface area (Å²) in [6.07, 6.45) is 0.649. The number of nitrogens with one attached hydrogen (secondary N) is 1. The highest BCUT2D eigenvalue weighted by atomic mass is 35.5. The number of halogens is 1. The molecule has 1 amide bonds. The van der Waals surface area contributed by atoms with E-state index in [2.05, 4.69) is 10.3 Å². The molecule has 1 atom stereocenters. The fraction of sp³-hybridized carbons (Fsp3) is 0.409. The molecule has 2 N–H and O–H groups in total. The second-order valence-electron chi connectivity index (χ2n) is 7.36. The van der Waals surface area contributed by atoms with E-state index in [1.165, 1.54) is 0 Å². The van der Waals surface area contributed by atoms with E-state index in [1.54, 1.807) is 50.4 Å². The van der Waals surface area contributed by atoms with Crippen LogP contribution in [0.2, 0.25) is 5.02 Å². The van der Waals surface area contributed by atoms with Crippen LogP contribution in [0.25, 0.3) is 0 Å². The van der Waals surface area contributed by atoms with Crippen molar-refractivity contribution in [3.8, 4) is 5.75 Å². The third kappa shape index (κ3) is 7.31. The topological polar surface area (TPSA) is 97.8 Å². The van der Waals surface area contributed by atoms with Crippen molar-refractivity contribution in [2.75, 3.05) is 0 Å². The Balaban J connectivity index is 2.01. The molecule has 1 aromatic heterocycles. The molecule has 0 saturated heterocycles. The van der Waals surface area contributed by atoms with Gasteiger partial charge in [-0.2, -0.15) is 0 Å². The maximum absolute atomic E-state index is 12.5. The smallest absolute Gasteiger partial charge is 0.333 e. The quantitative estimate of drug-likeness (QED) is 0.589. The van der Waals surface area contributed by atoms with Gasteiger partial charge in [0.25, 0.3) is 5.91 Å². The van der Waals surface area contributed by atoms with E-state index in [4.69, 9.17) is 21.1 Å². The molecule has 1 unspecified atom stereocenters. The van der Waals surface area contributed by atoms with Crippen LogP contribution in [0, 0.1) is 0 Å². The molecule has 0 spiro atoms. The number of carbonyl (C=O) groups is 2. The van der Waals surface area contributed by atoms with Gasteiger partial charge in [-0.3, -0.25) is 9.78 Å². The minimum Gasteiger partial charge on any atom is -0.491 e. The number of carbonyl (C=O) groups excluding carboxylic acids is 1. The first-order chi connectivity index (χ1) is 14.2. The summed E-state index contributed by atoms with van der Waals surface area (Å²) in [7, 11) is 0. The number of hydrogen-bond donors (Lipinski definition) is 2. The summed E-state index contributed by atoms with van der Waals surface area (Å²) in [4.78, 5) is 28.1. The number of pyridine rings is 1. The fourth-order valence-corrected chi connectivity index (χ4v) is 3.04. The Bertz CT molecular complexity index is 886. The highest BCUT2D eigenvalue weighted by molar-refractivity contribution is 6.34. The second kappa shape index (κ2) is 10.9. The largest absolute Gasteiger partial charge is 0.491 e. The number of amides is 1. The highest BCUT2D eigenvalue weighted by Gasteiger charge is 2.20. The second-order valence-corrected chi connectivity index (χ2v) is 7.77. The molecule has 0 radical (unpaired) electrons. The van der Waals surface area contributed by atoms with Crippen LogP contribution in [0.1, 0.15) is 49.3 Å². The summed E-state index contributed by atoms with van der Waals surface area (Å²) >= 11 is 6.22. The van der Waals surface area contributed by atoms with Gasteiger partial charge in [0.05, 0.1) is 35.0 Å². The summed E-state index contributed by atoms with van der Waals surface area (Å²) in [6, 6.07) is 8.40. The van der Waals surface area contributed by atoms with E-state index in [9.17, 15) is 14.7 Å². The van der Waals surface area contributed by atoms with Crippen molar-refractivity contribution < 1.29 is 24.2 Å². The predicted octanol–water partition coefficient (Wildman–Crippen LogP) is 3.87. The minimum absolute atomic E-state index is 0.00533. The van der Waals surface area contributed by atoms with Crippen LogP contribution in [0.4, 0.5) is 0 Å². The molecule has 2 rings (SSSR count). The first-order valence-electron chi connectivity index (χ1n) is 9.72. The molecule has 0 saturated carbocycles. The molecule has 1 heterocycles. The molecule has 162 valence electrons. The number of aromatic nitrogens is 1. The maximum Gasteiger partial charge on any atom is 0.333 e. The van der Waals surface area contributed by atoms with Crippen molar-refractivity contribution in [3.63, 3.8) is 0 Å². The van der Waals surface area contributed by atoms with Gasteiger partial charge in [-0.25, -0.2) is 4.79 Å². The number of carboxylic acid groups (broad SMARTS) is 1. The Morgan fingerprint density at radius 2 is 1.87 bits per heavy atom. The van der Waals surface area contributed by atoms with Crippen LogP contribution in [-0.2, 0) is 22.5 Å². The van der Waals surface area contributed by atoms with Gasteiger partial charge in [0.1, 0.15) is 5.75 Å². The molecule has 0 aliphatic heterocycles. The van der Waals surface area contributed by atoms with Crippen LogP contribution < -0.4 is 10.1 Å².